The van der Waals surface area contributed by atoms with Crippen LogP contribution in [0.2, 0.25) is 0 Å². The van der Waals surface area contributed by atoms with Crippen molar-refractivity contribution in [3.05, 3.63) is 11.6 Å². The summed E-state index contributed by atoms with van der Waals surface area (Å²) in [6.07, 6.45) is 12.5. The number of hydrogen-bond donors (Lipinski definition) is 0. The Morgan fingerprint density at radius 1 is 1.08 bits per heavy atom. The second-order valence-corrected chi connectivity index (χ2v) is 8.77. The largest absolute Gasteiger partial charge is 0.350 e. The summed E-state index contributed by atoms with van der Waals surface area (Å²) in [6.45, 7) is 15.2. The summed E-state index contributed by atoms with van der Waals surface area (Å²) in [7, 11) is 0. The van der Waals surface area contributed by atoms with Crippen LogP contribution in [0.3, 0.4) is 0 Å². The lowest BCUT2D eigenvalue weighted by atomic mass is 9.94. The Bertz CT molecular complexity index is 351. The van der Waals surface area contributed by atoms with E-state index in [2.05, 4.69) is 47.6 Å². The highest BCUT2D eigenvalue weighted by atomic mass is 16.7. The quantitative estimate of drug-likeness (QED) is 0.388. The molecule has 0 aromatic rings. The molecule has 0 aromatic heterocycles. The second kappa shape index (κ2) is 11.3. The Hall–Kier alpha value is -0.340. The van der Waals surface area contributed by atoms with Gasteiger partial charge in [-0.2, -0.15) is 0 Å². The molecular weight excluding hydrogens is 296 g/mol. The predicted molar refractivity (Wildman–Crippen MR) is 104 cm³/mol. The van der Waals surface area contributed by atoms with Crippen molar-refractivity contribution >= 4 is 0 Å². The van der Waals surface area contributed by atoms with Gasteiger partial charge in [-0.1, -0.05) is 65.0 Å². The zero-order chi connectivity index (χ0) is 18.0. The van der Waals surface area contributed by atoms with Crippen LogP contribution >= 0.6 is 0 Å². The zero-order valence-electron chi connectivity index (χ0n) is 17.2. The topological polar surface area (TPSA) is 18.5 Å². The first kappa shape index (κ1) is 21.7. The van der Waals surface area contributed by atoms with Crippen molar-refractivity contribution < 1.29 is 9.47 Å². The summed E-state index contributed by atoms with van der Waals surface area (Å²) < 4.78 is 11.7. The van der Waals surface area contributed by atoms with Crippen LogP contribution in [0.25, 0.3) is 0 Å². The SMILES string of the molecule is CC(=CCCC1(C)OCC(C)CO1)CCC[C@H](C)CCCC(C)C. The van der Waals surface area contributed by atoms with Gasteiger partial charge in [0.25, 0.3) is 0 Å². The standard InChI is InChI=1S/C22H42O2/c1-18(2)10-7-11-19(3)12-8-13-20(4)14-9-15-22(6)23-16-21(5)17-24-22/h14,18-19,21H,7-13,15-17H2,1-6H3/t19-,21?,22?/m1/s1. The van der Waals surface area contributed by atoms with Crippen LogP contribution in [-0.4, -0.2) is 19.0 Å². The van der Waals surface area contributed by atoms with Gasteiger partial charge in [-0.25, -0.2) is 0 Å². The van der Waals surface area contributed by atoms with Gasteiger partial charge in [-0.05, 0) is 44.9 Å². The van der Waals surface area contributed by atoms with Crippen molar-refractivity contribution in [3.63, 3.8) is 0 Å². The minimum Gasteiger partial charge on any atom is -0.350 e. The van der Waals surface area contributed by atoms with Gasteiger partial charge in [0.2, 0.25) is 0 Å². The highest BCUT2D eigenvalue weighted by Crippen LogP contribution is 2.26. The van der Waals surface area contributed by atoms with Crippen molar-refractivity contribution in [1.29, 1.82) is 0 Å². The van der Waals surface area contributed by atoms with E-state index in [9.17, 15) is 0 Å². The van der Waals surface area contributed by atoms with Crippen molar-refractivity contribution in [1.82, 2.24) is 0 Å². The molecule has 1 rings (SSSR count). The number of hydrogen-bond acceptors (Lipinski definition) is 2. The van der Waals surface area contributed by atoms with E-state index in [4.69, 9.17) is 9.47 Å². The minimum absolute atomic E-state index is 0.367. The van der Waals surface area contributed by atoms with Gasteiger partial charge >= 0.3 is 0 Å². The molecule has 0 N–H and O–H groups in total. The molecule has 2 nitrogen and oxygen atoms in total. The van der Waals surface area contributed by atoms with Gasteiger partial charge in [0.05, 0.1) is 13.2 Å². The maximum atomic E-state index is 5.87. The molecule has 1 atom stereocenters. The molecule has 0 aromatic carbocycles. The first-order chi connectivity index (χ1) is 11.3. The molecule has 2 heteroatoms. The second-order valence-electron chi connectivity index (χ2n) is 8.77. The molecule has 1 aliphatic heterocycles. The van der Waals surface area contributed by atoms with Crippen LogP contribution < -0.4 is 0 Å². The van der Waals surface area contributed by atoms with E-state index in [0.29, 0.717) is 5.92 Å². The molecular formula is C22H42O2. The number of allylic oxidation sites excluding steroid dienone is 2. The predicted octanol–water partition coefficient (Wildman–Crippen LogP) is 6.74. The third kappa shape index (κ3) is 9.84. The van der Waals surface area contributed by atoms with Crippen molar-refractivity contribution in [3.8, 4) is 0 Å². The van der Waals surface area contributed by atoms with Crippen molar-refractivity contribution in [2.45, 2.75) is 98.7 Å². The van der Waals surface area contributed by atoms with Gasteiger partial charge in [-0.15, -0.1) is 0 Å². The highest BCUT2D eigenvalue weighted by molar-refractivity contribution is 4.98. The molecule has 1 aliphatic rings. The first-order valence-electron chi connectivity index (χ1n) is 10.2. The smallest absolute Gasteiger partial charge is 0.165 e. The summed E-state index contributed by atoms with van der Waals surface area (Å²) in [5.74, 6) is 1.89. The fraction of sp³-hybridized carbons (Fsp3) is 0.909. The van der Waals surface area contributed by atoms with E-state index in [1.807, 2.05) is 0 Å². The fourth-order valence-corrected chi connectivity index (χ4v) is 3.30. The van der Waals surface area contributed by atoms with Crippen LogP contribution in [0.1, 0.15) is 92.9 Å². The molecule has 0 unspecified atom stereocenters. The maximum absolute atomic E-state index is 5.87. The van der Waals surface area contributed by atoms with Crippen molar-refractivity contribution in [2.24, 2.45) is 17.8 Å². The molecule has 0 radical (unpaired) electrons. The molecule has 0 saturated carbocycles. The molecule has 1 saturated heterocycles. The van der Waals surface area contributed by atoms with Crippen LogP contribution in [-0.2, 0) is 9.47 Å². The third-order valence-corrected chi connectivity index (χ3v) is 5.18. The van der Waals surface area contributed by atoms with Crippen LogP contribution in [0.15, 0.2) is 11.6 Å². The average Bonchev–Trinajstić information content (AvgIpc) is 2.50. The molecule has 24 heavy (non-hydrogen) atoms. The summed E-state index contributed by atoms with van der Waals surface area (Å²) in [5.41, 5.74) is 1.53. The van der Waals surface area contributed by atoms with E-state index in [1.165, 1.54) is 44.1 Å². The normalized spacial score (nSPS) is 26.8. The Morgan fingerprint density at radius 2 is 1.71 bits per heavy atom. The Labute approximate surface area is 151 Å². The molecule has 0 spiro atoms. The summed E-state index contributed by atoms with van der Waals surface area (Å²) >= 11 is 0. The van der Waals surface area contributed by atoms with E-state index in [0.717, 1.165) is 37.9 Å². The minimum atomic E-state index is -0.367. The summed E-state index contributed by atoms with van der Waals surface area (Å²) in [4.78, 5) is 0. The molecule has 0 amide bonds. The lowest BCUT2D eigenvalue weighted by Crippen LogP contribution is -2.40. The Balaban J connectivity index is 2.11. The molecule has 1 fully saturated rings. The fourth-order valence-electron chi connectivity index (χ4n) is 3.30. The van der Waals surface area contributed by atoms with Crippen LogP contribution in [0.4, 0.5) is 0 Å². The summed E-state index contributed by atoms with van der Waals surface area (Å²) in [6, 6.07) is 0. The van der Waals surface area contributed by atoms with Crippen LogP contribution in [0.5, 0.6) is 0 Å². The average molecular weight is 339 g/mol. The lowest BCUT2D eigenvalue weighted by molar-refractivity contribution is -0.273. The zero-order valence-corrected chi connectivity index (χ0v) is 17.2. The van der Waals surface area contributed by atoms with Crippen molar-refractivity contribution in [2.75, 3.05) is 13.2 Å². The van der Waals surface area contributed by atoms with Crippen LogP contribution in [0, 0.1) is 17.8 Å². The van der Waals surface area contributed by atoms with Gasteiger partial charge in [0.15, 0.2) is 5.79 Å². The Kier molecular flexibility index (Phi) is 10.2. The van der Waals surface area contributed by atoms with E-state index in [-0.39, 0.29) is 5.79 Å². The van der Waals surface area contributed by atoms with E-state index in [1.54, 1.807) is 0 Å². The molecule has 0 bridgehead atoms. The van der Waals surface area contributed by atoms with Gasteiger partial charge in [0, 0.05) is 12.3 Å². The number of ether oxygens (including phenoxy) is 2. The summed E-state index contributed by atoms with van der Waals surface area (Å²) in [5, 5.41) is 0. The lowest BCUT2D eigenvalue weighted by Gasteiger charge is -2.36. The van der Waals surface area contributed by atoms with Gasteiger partial charge < -0.3 is 9.47 Å². The van der Waals surface area contributed by atoms with Gasteiger partial charge in [0.1, 0.15) is 0 Å². The Morgan fingerprint density at radius 3 is 2.33 bits per heavy atom. The van der Waals surface area contributed by atoms with Gasteiger partial charge in [-0.3, -0.25) is 0 Å². The van der Waals surface area contributed by atoms with E-state index < -0.39 is 0 Å². The maximum Gasteiger partial charge on any atom is 0.165 e. The third-order valence-electron chi connectivity index (χ3n) is 5.18. The first-order valence-corrected chi connectivity index (χ1v) is 10.2. The number of rotatable bonds is 11. The molecule has 1 heterocycles. The monoisotopic (exact) mass is 338 g/mol. The molecule has 142 valence electrons. The molecule has 0 aliphatic carbocycles. The highest BCUT2D eigenvalue weighted by Gasteiger charge is 2.30. The van der Waals surface area contributed by atoms with E-state index >= 15 is 0 Å².